The molecule has 0 aromatic heterocycles. The summed E-state index contributed by atoms with van der Waals surface area (Å²) < 4.78 is 25.9. The zero-order valence-electron chi connectivity index (χ0n) is 11.6. The Hall–Kier alpha value is -1.76. The number of rotatable bonds is 4. The molecule has 2 aromatic carbocycles. The molecule has 2 aromatic rings. The molecule has 0 unspecified atom stereocenters. The van der Waals surface area contributed by atoms with E-state index in [0.29, 0.717) is 16.4 Å². The Kier molecular flexibility index (Phi) is 4.41. The first-order chi connectivity index (χ1) is 9.83. The lowest BCUT2D eigenvalue weighted by molar-refractivity contribution is 0.588. The summed E-state index contributed by atoms with van der Waals surface area (Å²) >= 11 is 5.97. The van der Waals surface area contributed by atoms with Crippen molar-refractivity contribution >= 4 is 38.7 Å². The molecule has 2 rings (SSSR count). The fourth-order valence-electron chi connectivity index (χ4n) is 1.80. The maximum Gasteiger partial charge on any atom is 0.240 e. The highest BCUT2D eigenvalue weighted by atomic mass is 35.5. The van der Waals surface area contributed by atoms with Crippen LogP contribution in [0.2, 0.25) is 5.02 Å². The van der Waals surface area contributed by atoms with Crippen molar-refractivity contribution in [2.75, 3.05) is 18.1 Å². The lowest BCUT2D eigenvalue weighted by Gasteiger charge is -2.13. The van der Waals surface area contributed by atoms with Gasteiger partial charge in [-0.1, -0.05) is 17.7 Å². The topological polar surface area (TPSA) is 84.2 Å². The van der Waals surface area contributed by atoms with E-state index in [1.54, 1.807) is 18.2 Å². The van der Waals surface area contributed by atoms with Gasteiger partial charge in [-0.25, -0.2) is 13.1 Å². The Morgan fingerprint density at radius 1 is 1.10 bits per heavy atom. The van der Waals surface area contributed by atoms with E-state index in [1.807, 2.05) is 13.0 Å². The van der Waals surface area contributed by atoms with Crippen molar-refractivity contribution in [2.45, 2.75) is 11.8 Å². The van der Waals surface area contributed by atoms with Gasteiger partial charge in [-0.05, 0) is 49.9 Å². The molecule has 0 fully saturated rings. The van der Waals surface area contributed by atoms with E-state index in [2.05, 4.69) is 10.0 Å². The van der Waals surface area contributed by atoms with Gasteiger partial charge in [0.1, 0.15) is 0 Å². The van der Waals surface area contributed by atoms with Gasteiger partial charge in [-0.15, -0.1) is 0 Å². The van der Waals surface area contributed by atoms with Gasteiger partial charge in [0.25, 0.3) is 0 Å². The molecule has 0 saturated heterocycles. The Morgan fingerprint density at radius 3 is 2.48 bits per heavy atom. The molecule has 0 saturated carbocycles. The monoisotopic (exact) mass is 325 g/mol. The Bertz CT molecular complexity index is 776. The molecule has 7 heteroatoms. The van der Waals surface area contributed by atoms with Crippen LogP contribution in [-0.4, -0.2) is 15.5 Å². The average molecular weight is 326 g/mol. The molecular formula is C14H16ClN3O2S. The molecule has 0 amide bonds. The molecular weight excluding hydrogens is 310 g/mol. The Balaban J connectivity index is 2.45. The second-order valence-corrected chi connectivity index (χ2v) is 6.86. The molecule has 0 aliphatic rings. The predicted molar refractivity (Wildman–Crippen MR) is 86.6 cm³/mol. The zero-order chi connectivity index (χ0) is 15.6. The summed E-state index contributed by atoms with van der Waals surface area (Å²) in [6.45, 7) is 1.92. The normalized spacial score (nSPS) is 11.4. The number of nitrogen functional groups attached to an aromatic ring is 1. The van der Waals surface area contributed by atoms with Crippen molar-refractivity contribution in [2.24, 2.45) is 0 Å². The van der Waals surface area contributed by atoms with E-state index < -0.39 is 10.0 Å². The summed E-state index contributed by atoms with van der Waals surface area (Å²) in [5, 5.41) is 3.70. The third kappa shape index (κ3) is 3.47. The number of hydrogen-bond donors (Lipinski definition) is 3. The van der Waals surface area contributed by atoms with Crippen LogP contribution in [0.3, 0.4) is 0 Å². The lowest BCUT2D eigenvalue weighted by atomic mass is 10.2. The smallest absolute Gasteiger partial charge is 0.240 e. The summed E-state index contributed by atoms with van der Waals surface area (Å²) in [5.74, 6) is 0. The van der Waals surface area contributed by atoms with Gasteiger partial charge in [0, 0.05) is 10.7 Å². The lowest BCUT2D eigenvalue weighted by Crippen LogP contribution is -2.18. The number of benzene rings is 2. The quantitative estimate of drug-likeness (QED) is 0.755. The third-order valence-corrected chi connectivity index (χ3v) is 4.72. The summed E-state index contributed by atoms with van der Waals surface area (Å²) in [7, 11) is -2.16. The van der Waals surface area contributed by atoms with Gasteiger partial charge >= 0.3 is 0 Å². The van der Waals surface area contributed by atoms with Gasteiger partial charge in [0.05, 0.1) is 16.3 Å². The van der Waals surface area contributed by atoms with E-state index in [4.69, 9.17) is 17.3 Å². The van der Waals surface area contributed by atoms with E-state index in [0.717, 1.165) is 11.3 Å². The van der Waals surface area contributed by atoms with Crippen LogP contribution in [-0.2, 0) is 10.0 Å². The first-order valence-electron chi connectivity index (χ1n) is 6.20. The van der Waals surface area contributed by atoms with Crippen molar-refractivity contribution < 1.29 is 8.42 Å². The molecule has 21 heavy (non-hydrogen) atoms. The van der Waals surface area contributed by atoms with Crippen molar-refractivity contribution in [1.82, 2.24) is 4.72 Å². The van der Waals surface area contributed by atoms with Crippen LogP contribution in [0.5, 0.6) is 0 Å². The summed E-state index contributed by atoms with van der Waals surface area (Å²) in [6.07, 6.45) is 0. The van der Waals surface area contributed by atoms with E-state index in [-0.39, 0.29) is 4.90 Å². The van der Waals surface area contributed by atoms with Crippen LogP contribution >= 0.6 is 11.6 Å². The van der Waals surface area contributed by atoms with Crippen molar-refractivity contribution in [1.29, 1.82) is 0 Å². The summed E-state index contributed by atoms with van der Waals surface area (Å²) in [5.41, 5.74) is 8.60. The van der Waals surface area contributed by atoms with Gasteiger partial charge in [0.15, 0.2) is 0 Å². The first kappa shape index (κ1) is 15.6. The fourth-order valence-corrected chi connectivity index (χ4v) is 2.73. The van der Waals surface area contributed by atoms with Crippen LogP contribution < -0.4 is 15.8 Å². The summed E-state index contributed by atoms with van der Waals surface area (Å²) in [6, 6.07) is 9.91. The fraction of sp³-hybridized carbons (Fsp3) is 0.143. The molecule has 0 bridgehead atoms. The van der Waals surface area contributed by atoms with Gasteiger partial charge in [-0.3, -0.25) is 0 Å². The minimum absolute atomic E-state index is 0.140. The van der Waals surface area contributed by atoms with Crippen LogP contribution in [0.1, 0.15) is 5.56 Å². The average Bonchev–Trinajstić information content (AvgIpc) is 2.45. The highest BCUT2D eigenvalue weighted by Crippen LogP contribution is 2.29. The van der Waals surface area contributed by atoms with Crippen LogP contribution in [0.25, 0.3) is 0 Å². The van der Waals surface area contributed by atoms with Crippen LogP contribution in [0.4, 0.5) is 17.1 Å². The van der Waals surface area contributed by atoms with Crippen LogP contribution in [0.15, 0.2) is 41.3 Å². The molecule has 0 aliphatic heterocycles. The standard InChI is InChI=1S/C14H16ClN3O2S/c1-9-3-4-10(15)7-13(9)18-14-8-11(5-6-12(14)16)21(19,20)17-2/h3-8,17-18H,16H2,1-2H3. The number of nitrogens with one attached hydrogen (secondary N) is 2. The van der Waals surface area contributed by atoms with Crippen molar-refractivity contribution in [3.05, 3.63) is 47.0 Å². The summed E-state index contributed by atoms with van der Waals surface area (Å²) in [4.78, 5) is 0.140. The van der Waals surface area contributed by atoms with Crippen molar-refractivity contribution in [3.8, 4) is 0 Å². The minimum Gasteiger partial charge on any atom is -0.397 e. The minimum atomic E-state index is -3.52. The molecule has 0 radical (unpaired) electrons. The number of halogens is 1. The highest BCUT2D eigenvalue weighted by molar-refractivity contribution is 7.89. The second-order valence-electron chi connectivity index (χ2n) is 4.54. The molecule has 112 valence electrons. The number of aryl methyl sites for hydroxylation is 1. The van der Waals surface area contributed by atoms with Crippen molar-refractivity contribution in [3.63, 3.8) is 0 Å². The largest absolute Gasteiger partial charge is 0.397 e. The third-order valence-electron chi connectivity index (χ3n) is 3.07. The molecule has 4 N–H and O–H groups in total. The first-order valence-corrected chi connectivity index (χ1v) is 8.06. The SMILES string of the molecule is CNS(=O)(=O)c1ccc(N)c(Nc2cc(Cl)ccc2C)c1. The maximum atomic E-state index is 11.8. The maximum absolute atomic E-state index is 11.8. The molecule has 5 nitrogen and oxygen atoms in total. The zero-order valence-corrected chi connectivity index (χ0v) is 13.2. The highest BCUT2D eigenvalue weighted by Gasteiger charge is 2.13. The predicted octanol–water partition coefficient (Wildman–Crippen LogP) is 2.88. The van der Waals surface area contributed by atoms with E-state index in [1.165, 1.54) is 19.2 Å². The van der Waals surface area contributed by atoms with E-state index in [9.17, 15) is 8.42 Å². The van der Waals surface area contributed by atoms with Gasteiger partial charge in [-0.2, -0.15) is 0 Å². The van der Waals surface area contributed by atoms with E-state index >= 15 is 0 Å². The van der Waals surface area contributed by atoms with Gasteiger partial charge < -0.3 is 11.1 Å². The molecule has 0 heterocycles. The molecule has 0 atom stereocenters. The number of nitrogens with two attached hydrogens (primary N) is 1. The molecule has 0 aliphatic carbocycles. The Morgan fingerprint density at radius 2 is 1.81 bits per heavy atom. The number of sulfonamides is 1. The Labute approximate surface area is 129 Å². The van der Waals surface area contributed by atoms with Crippen LogP contribution in [0, 0.1) is 6.92 Å². The number of hydrogen-bond acceptors (Lipinski definition) is 4. The molecule has 0 spiro atoms. The second kappa shape index (κ2) is 5.93. The number of anilines is 3. The van der Waals surface area contributed by atoms with Gasteiger partial charge in [0.2, 0.25) is 10.0 Å².